The van der Waals surface area contributed by atoms with E-state index in [1.807, 2.05) is 4.90 Å². The quantitative estimate of drug-likeness (QED) is 0.525. The topological polar surface area (TPSA) is 46.6 Å². The SMILES string of the molecule is COC(=O)c1ccc(-c2ccc(CC3CCN(C4CCCCC4)C3=O)c(C(F)(F)F)c2)cc1. The van der Waals surface area contributed by atoms with Crippen molar-refractivity contribution in [3.63, 3.8) is 0 Å². The number of rotatable bonds is 5. The van der Waals surface area contributed by atoms with Gasteiger partial charge < -0.3 is 9.64 Å². The van der Waals surface area contributed by atoms with E-state index in [0.717, 1.165) is 31.7 Å². The van der Waals surface area contributed by atoms with E-state index < -0.39 is 23.6 Å². The van der Waals surface area contributed by atoms with Gasteiger partial charge in [-0.2, -0.15) is 13.2 Å². The number of carbonyl (C=O) groups is 2. The zero-order valence-corrected chi connectivity index (χ0v) is 18.7. The summed E-state index contributed by atoms with van der Waals surface area (Å²) in [6.07, 6.45) is 1.57. The maximum Gasteiger partial charge on any atom is 0.416 e. The Morgan fingerprint density at radius 3 is 2.30 bits per heavy atom. The Kier molecular flexibility index (Phi) is 6.77. The Hall–Kier alpha value is -2.83. The largest absolute Gasteiger partial charge is 0.465 e. The summed E-state index contributed by atoms with van der Waals surface area (Å²) in [7, 11) is 1.27. The fourth-order valence-corrected chi connectivity index (χ4v) is 5.09. The third kappa shape index (κ3) is 5.07. The van der Waals surface area contributed by atoms with E-state index >= 15 is 0 Å². The number of methoxy groups -OCH3 is 1. The van der Waals surface area contributed by atoms with Gasteiger partial charge in [-0.1, -0.05) is 43.5 Å². The highest BCUT2D eigenvalue weighted by molar-refractivity contribution is 5.90. The summed E-state index contributed by atoms with van der Waals surface area (Å²) in [6.45, 7) is 0.639. The molecule has 1 atom stereocenters. The number of halogens is 3. The van der Waals surface area contributed by atoms with Gasteiger partial charge in [0.05, 0.1) is 18.2 Å². The zero-order valence-electron chi connectivity index (χ0n) is 18.7. The van der Waals surface area contributed by atoms with Gasteiger partial charge in [-0.15, -0.1) is 0 Å². The first-order valence-corrected chi connectivity index (χ1v) is 11.5. The Morgan fingerprint density at radius 1 is 1.00 bits per heavy atom. The van der Waals surface area contributed by atoms with Crippen LogP contribution in [0.3, 0.4) is 0 Å². The summed E-state index contributed by atoms with van der Waals surface area (Å²) in [5.74, 6) is -0.910. The molecule has 2 aliphatic rings. The molecule has 0 N–H and O–H groups in total. The number of alkyl halides is 3. The van der Waals surface area contributed by atoms with Crippen LogP contribution in [0.1, 0.15) is 60.0 Å². The lowest BCUT2D eigenvalue weighted by molar-refractivity contribution is -0.139. The molecule has 33 heavy (non-hydrogen) atoms. The maximum atomic E-state index is 13.9. The molecule has 2 aromatic carbocycles. The van der Waals surface area contributed by atoms with Gasteiger partial charge in [-0.25, -0.2) is 4.79 Å². The van der Waals surface area contributed by atoms with Crippen LogP contribution in [0.25, 0.3) is 11.1 Å². The number of hydrogen-bond donors (Lipinski definition) is 0. The second kappa shape index (κ2) is 9.57. The molecule has 1 amide bonds. The fraction of sp³-hybridized carbons (Fsp3) is 0.462. The molecule has 0 aromatic heterocycles. The highest BCUT2D eigenvalue weighted by Gasteiger charge is 2.39. The minimum Gasteiger partial charge on any atom is -0.465 e. The molecule has 4 rings (SSSR count). The second-order valence-electron chi connectivity index (χ2n) is 8.95. The van der Waals surface area contributed by atoms with Crippen LogP contribution in [0.5, 0.6) is 0 Å². The van der Waals surface area contributed by atoms with E-state index in [4.69, 9.17) is 0 Å². The molecule has 1 heterocycles. The Balaban J connectivity index is 1.55. The number of esters is 1. The lowest BCUT2D eigenvalue weighted by atomic mass is 9.91. The molecule has 2 fully saturated rings. The van der Waals surface area contributed by atoms with Crippen LogP contribution in [0, 0.1) is 5.92 Å². The van der Waals surface area contributed by atoms with Crippen LogP contribution in [0.2, 0.25) is 0 Å². The third-order valence-electron chi connectivity index (χ3n) is 6.89. The van der Waals surface area contributed by atoms with Gasteiger partial charge in [0.2, 0.25) is 5.91 Å². The average Bonchev–Trinajstić information content (AvgIpc) is 3.18. The summed E-state index contributed by atoms with van der Waals surface area (Å²) < 4.78 is 46.5. The number of benzene rings is 2. The average molecular weight is 460 g/mol. The second-order valence-corrected chi connectivity index (χ2v) is 8.95. The van der Waals surface area contributed by atoms with Gasteiger partial charge in [0.1, 0.15) is 0 Å². The van der Waals surface area contributed by atoms with Gasteiger partial charge in [0, 0.05) is 18.5 Å². The van der Waals surface area contributed by atoms with E-state index in [2.05, 4.69) is 4.74 Å². The molecule has 1 aliphatic carbocycles. The molecule has 1 aliphatic heterocycles. The van der Waals surface area contributed by atoms with E-state index in [-0.39, 0.29) is 23.9 Å². The highest BCUT2D eigenvalue weighted by atomic mass is 19.4. The Bertz CT molecular complexity index is 1010. The summed E-state index contributed by atoms with van der Waals surface area (Å²) in [5.41, 5.74) is 0.752. The number of hydrogen-bond acceptors (Lipinski definition) is 3. The van der Waals surface area contributed by atoms with E-state index in [9.17, 15) is 22.8 Å². The molecule has 7 heteroatoms. The van der Waals surface area contributed by atoms with E-state index in [0.29, 0.717) is 29.7 Å². The van der Waals surface area contributed by atoms with Crippen molar-refractivity contribution in [2.75, 3.05) is 13.7 Å². The van der Waals surface area contributed by atoms with Crippen molar-refractivity contribution in [3.05, 3.63) is 59.2 Å². The molecule has 1 saturated carbocycles. The molecule has 4 nitrogen and oxygen atoms in total. The van der Waals surface area contributed by atoms with E-state index in [1.54, 1.807) is 18.2 Å². The van der Waals surface area contributed by atoms with Gasteiger partial charge >= 0.3 is 12.1 Å². The molecular formula is C26H28F3NO3. The van der Waals surface area contributed by atoms with Crippen molar-refractivity contribution in [3.8, 4) is 11.1 Å². The highest BCUT2D eigenvalue weighted by Crippen LogP contribution is 2.38. The standard InChI is InChI=1S/C26H28F3NO3/c1-33-25(32)18-9-7-17(8-10-18)19-11-12-20(23(16-19)26(27,28)29)15-21-13-14-30(24(21)31)22-5-3-2-4-6-22/h7-12,16,21-22H,2-6,13-15H2,1H3. The van der Waals surface area contributed by atoms with Crippen molar-refractivity contribution in [1.29, 1.82) is 0 Å². The molecule has 1 unspecified atom stereocenters. The first-order valence-electron chi connectivity index (χ1n) is 11.5. The number of amides is 1. The van der Waals surface area contributed by atoms with Crippen LogP contribution in [0.15, 0.2) is 42.5 Å². The number of carbonyl (C=O) groups excluding carboxylic acids is 2. The summed E-state index contributed by atoms with van der Waals surface area (Å²) >= 11 is 0. The normalized spacial score (nSPS) is 19.7. The van der Waals surface area contributed by atoms with Crippen LogP contribution in [0.4, 0.5) is 13.2 Å². The lowest BCUT2D eigenvalue weighted by Crippen LogP contribution is -2.39. The van der Waals surface area contributed by atoms with Crippen molar-refractivity contribution < 1.29 is 27.5 Å². The number of nitrogens with zero attached hydrogens (tertiary/aromatic N) is 1. The van der Waals surface area contributed by atoms with Crippen molar-refractivity contribution in [2.24, 2.45) is 5.92 Å². The van der Waals surface area contributed by atoms with Crippen molar-refractivity contribution in [1.82, 2.24) is 4.90 Å². The number of ether oxygens (including phenoxy) is 1. The van der Waals surface area contributed by atoms with Gasteiger partial charge in [-0.3, -0.25) is 4.79 Å². The van der Waals surface area contributed by atoms with Crippen LogP contribution < -0.4 is 0 Å². The molecule has 0 spiro atoms. The van der Waals surface area contributed by atoms with Crippen molar-refractivity contribution >= 4 is 11.9 Å². The predicted octanol–water partition coefficient (Wildman–Crippen LogP) is 5.88. The van der Waals surface area contributed by atoms with Crippen LogP contribution >= 0.6 is 0 Å². The predicted molar refractivity (Wildman–Crippen MR) is 119 cm³/mol. The monoisotopic (exact) mass is 459 g/mol. The van der Waals surface area contributed by atoms with Gasteiger partial charge in [0.15, 0.2) is 0 Å². The molecule has 0 radical (unpaired) electrons. The molecule has 176 valence electrons. The van der Waals surface area contributed by atoms with Crippen molar-refractivity contribution in [2.45, 2.75) is 57.2 Å². The summed E-state index contributed by atoms with van der Waals surface area (Å²) in [4.78, 5) is 26.5. The summed E-state index contributed by atoms with van der Waals surface area (Å²) in [5, 5.41) is 0. The van der Waals surface area contributed by atoms with Gasteiger partial charge in [0.25, 0.3) is 0 Å². The molecule has 2 aromatic rings. The first kappa shape index (κ1) is 23.3. The fourth-order valence-electron chi connectivity index (χ4n) is 5.09. The Labute approximate surface area is 191 Å². The molecular weight excluding hydrogens is 431 g/mol. The van der Waals surface area contributed by atoms with E-state index in [1.165, 1.54) is 31.7 Å². The minimum atomic E-state index is -4.53. The zero-order chi connectivity index (χ0) is 23.6. The minimum absolute atomic E-state index is 0.00231. The van der Waals surface area contributed by atoms with Gasteiger partial charge in [-0.05, 0) is 60.6 Å². The van der Waals surface area contributed by atoms with Crippen LogP contribution in [-0.4, -0.2) is 36.5 Å². The Morgan fingerprint density at radius 2 is 1.67 bits per heavy atom. The lowest BCUT2D eigenvalue weighted by Gasteiger charge is -2.31. The maximum absolute atomic E-state index is 13.9. The summed E-state index contributed by atoms with van der Waals surface area (Å²) in [6, 6.07) is 10.8. The third-order valence-corrected chi connectivity index (χ3v) is 6.89. The van der Waals surface area contributed by atoms with Crippen LogP contribution in [-0.2, 0) is 22.1 Å². The first-order chi connectivity index (χ1) is 15.8. The molecule has 1 saturated heterocycles. The number of likely N-dealkylation sites (tertiary alicyclic amines) is 1. The molecule has 0 bridgehead atoms. The smallest absolute Gasteiger partial charge is 0.416 e.